The van der Waals surface area contributed by atoms with E-state index in [-0.39, 0.29) is 23.3 Å². The van der Waals surface area contributed by atoms with Crippen LogP contribution in [0.15, 0.2) is 36.5 Å². The van der Waals surface area contributed by atoms with Crippen molar-refractivity contribution in [1.82, 2.24) is 14.7 Å². The smallest absolute Gasteiger partial charge is 0.294 e. The van der Waals surface area contributed by atoms with Gasteiger partial charge in [0, 0.05) is 31.4 Å². The molecule has 1 aromatic heterocycles. The highest BCUT2D eigenvalue weighted by atomic mass is 16.6. The first-order chi connectivity index (χ1) is 12.0. The van der Waals surface area contributed by atoms with Gasteiger partial charge in [0.25, 0.3) is 11.6 Å². The zero-order valence-corrected chi connectivity index (χ0v) is 14.0. The number of amides is 1. The van der Waals surface area contributed by atoms with Gasteiger partial charge in [0.1, 0.15) is 5.69 Å². The molecule has 2 heterocycles. The molecule has 132 valence electrons. The summed E-state index contributed by atoms with van der Waals surface area (Å²) in [6.07, 6.45) is 3.56. The first-order valence-corrected chi connectivity index (χ1v) is 8.33. The molecule has 0 bridgehead atoms. The highest BCUT2D eigenvalue weighted by molar-refractivity contribution is 5.92. The van der Waals surface area contributed by atoms with Crippen molar-refractivity contribution in [1.29, 1.82) is 0 Å². The van der Waals surface area contributed by atoms with Gasteiger partial charge in [-0.05, 0) is 30.9 Å². The van der Waals surface area contributed by atoms with Crippen molar-refractivity contribution in [3.8, 4) is 5.69 Å². The molecule has 1 aliphatic rings. The molecule has 1 aromatic carbocycles. The molecule has 0 spiro atoms. The molecular weight excluding hydrogens is 322 g/mol. The molecule has 1 saturated heterocycles. The van der Waals surface area contributed by atoms with E-state index in [1.807, 2.05) is 0 Å². The number of aromatic nitrogens is 2. The van der Waals surface area contributed by atoms with E-state index in [1.54, 1.807) is 35.4 Å². The lowest BCUT2D eigenvalue weighted by Gasteiger charge is -2.39. The fraction of sp³-hybridized carbons (Fsp3) is 0.412. The molecule has 1 amide bonds. The van der Waals surface area contributed by atoms with Gasteiger partial charge in [-0.15, -0.1) is 0 Å². The number of hydrogen-bond donors (Lipinski definition) is 1. The first kappa shape index (κ1) is 17.1. The summed E-state index contributed by atoms with van der Waals surface area (Å²) in [6, 6.07) is 7.89. The largest absolute Gasteiger partial charge is 0.333 e. The number of benzene rings is 1. The second-order valence-corrected chi connectivity index (χ2v) is 6.31. The average molecular weight is 343 g/mol. The van der Waals surface area contributed by atoms with Gasteiger partial charge in [-0.2, -0.15) is 5.10 Å². The number of nitrogens with two attached hydrogens (primary N) is 1. The van der Waals surface area contributed by atoms with Crippen LogP contribution in [-0.4, -0.2) is 44.6 Å². The van der Waals surface area contributed by atoms with Gasteiger partial charge in [0.15, 0.2) is 5.69 Å². The minimum Gasteiger partial charge on any atom is -0.333 e. The Bertz CT molecular complexity index is 788. The summed E-state index contributed by atoms with van der Waals surface area (Å²) >= 11 is 0. The zero-order valence-electron chi connectivity index (χ0n) is 14.0. The summed E-state index contributed by atoms with van der Waals surface area (Å²) in [6.45, 7) is 3.17. The second kappa shape index (κ2) is 7.02. The van der Waals surface area contributed by atoms with E-state index in [1.165, 1.54) is 10.7 Å². The third-order valence-corrected chi connectivity index (χ3v) is 4.75. The Kier molecular flexibility index (Phi) is 4.80. The molecule has 2 N–H and O–H groups in total. The van der Waals surface area contributed by atoms with E-state index in [9.17, 15) is 14.9 Å². The first-order valence-electron chi connectivity index (χ1n) is 8.33. The Hall–Kier alpha value is -2.74. The lowest BCUT2D eigenvalue weighted by atomic mass is 9.90. The van der Waals surface area contributed by atoms with Crippen LogP contribution in [0.2, 0.25) is 0 Å². The third kappa shape index (κ3) is 3.25. The molecule has 2 aromatic rings. The van der Waals surface area contributed by atoms with Crippen molar-refractivity contribution >= 4 is 11.6 Å². The molecule has 2 atom stereocenters. The number of nitro benzene ring substituents is 1. The maximum Gasteiger partial charge on any atom is 0.294 e. The number of nitro groups is 1. The predicted octanol–water partition coefficient (Wildman–Crippen LogP) is 1.98. The monoisotopic (exact) mass is 343 g/mol. The van der Waals surface area contributed by atoms with E-state index in [0.29, 0.717) is 24.7 Å². The minimum atomic E-state index is -0.463. The van der Waals surface area contributed by atoms with Crippen LogP contribution in [-0.2, 0) is 0 Å². The highest BCUT2D eigenvalue weighted by Gasteiger charge is 2.32. The fourth-order valence-corrected chi connectivity index (χ4v) is 3.39. The molecule has 25 heavy (non-hydrogen) atoms. The van der Waals surface area contributed by atoms with Crippen molar-refractivity contribution in [2.45, 2.75) is 25.8 Å². The molecule has 0 aliphatic carbocycles. The van der Waals surface area contributed by atoms with Gasteiger partial charge in [-0.25, -0.2) is 4.68 Å². The number of carbonyl (C=O) groups excluding carboxylic acids is 1. The number of hydrogen-bond acceptors (Lipinski definition) is 5. The standard InChI is InChI=1S/C17H21N5O3/c1-12-5-4-9-20(16(12)11-18)17(23)13-8-10-21(19-13)14-6-2-3-7-15(14)22(24)25/h2-3,6-8,10,12,16H,4-5,9,11,18H2,1H3. The zero-order chi connectivity index (χ0) is 18.0. The summed E-state index contributed by atoms with van der Waals surface area (Å²) in [4.78, 5) is 25.3. The Morgan fingerprint density at radius 2 is 2.16 bits per heavy atom. The van der Waals surface area contributed by atoms with Gasteiger partial charge in [0.2, 0.25) is 0 Å². The lowest BCUT2D eigenvalue weighted by Crippen LogP contribution is -2.51. The van der Waals surface area contributed by atoms with Gasteiger partial charge in [0.05, 0.1) is 4.92 Å². The average Bonchev–Trinajstić information content (AvgIpc) is 3.10. The van der Waals surface area contributed by atoms with E-state index in [4.69, 9.17) is 5.73 Å². The Morgan fingerprint density at radius 1 is 1.40 bits per heavy atom. The van der Waals surface area contributed by atoms with Crippen LogP contribution in [0.3, 0.4) is 0 Å². The number of nitrogens with zero attached hydrogens (tertiary/aromatic N) is 4. The molecule has 0 saturated carbocycles. The fourth-order valence-electron chi connectivity index (χ4n) is 3.39. The summed E-state index contributed by atoms with van der Waals surface area (Å²) < 4.78 is 1.37. The molecule has 8 nitrogen and oxygen atoms in total. The van der Waals surface area contributed by atoms with Crippen LogP contribution in [0.25, 0.3) is 5.69 Å². The lowest BCUT2D eigenvalue weighted by molar-refractivity contribution is -0.384. The van der Waals surface area contributed by atoms with Crippen molar-refractivity contribution in [2.75, 3.05) is 13.1 Å². The Balaban J connectivity index is 1.89. The van der Waals surface area contributed by atoms with Crippen LogP contribution in [0.4, 0.5) is 5.69 Å². The topological polar surface area (TPSA) is 107 Å². The highest BCUT2D eigenvalue weighted by Crippen LogP contribution is 2.25. The van der Waals surface area contributed by atoms with E-state index < -0.39 is 4.92 Å². The molecular formula is C17H21N5O3. The maximum atomic E-state index is 12.8. The van der Waals surface area contributed by atoms with Crippen LogP contribution in [0.5, 0.6) is 0 Å². The van der Waals surface area contributed by atoms with Crippen LogP contribution in [0, 0.1) is 16.0 Å². The number of para-hydroxylation sites is 2. The Morgan fingerprint density at radius 3 is 2.88 bits per heavy atom. The quantitative estimate of drug-likeness (QED) is 0.674. The maximum absolute atomic E-state index is 12.8. The van der Waals surface area contributed by atoms with Crippen molar-refractivity contribution in [3.63, 3.8) is 0 Å². The van der Waals surface area contributed by atoms with Gasteiger partial charge >= 0.3 is 0 Å². The van der Waals surface area contributed by atoms with Crippen LogP contribution in [0.1, 0.15) is 30.3 Å². The number of carbonyl (C=O) groups is 1. The molecule has 2 unspecified atom stereocenters. The van der Waals surface area contributed by atoms with E-state index in [2.05, 4.69) is 12.0 Å². The van der Waals surface area contributed by atoms with Crippen LogP contribution >= 0.6 is 0 Å². The van der Waals surface area contributed by atoms with E-state index in [0.717, 1.165) is 12.8 Å². The SMILES string of the molecule is CC1CCCN(C(=O)c2ccn(-c3ccccc3[N+](=O)[O-])n2)C1CN. The van der Waals surface area contributed by atoms with Gasteiger partial charge in [-0.1, -0.05) is 19.1 Å². The third-order valence-electron chi connectivity index (χ3n) is 4.75. The number of piperidine rings is 1. The van der Waals surface area contributed by atoms with Crippen LogP contribution < -0.4 is 5.73 Å². The summed E-state index contributed by atoms with van der Waals surface area (Å²) in [5.41, 5.74) is 6.39. The molecule has 0 radical (unpaired) electrons. The normalized spacial score (nSPS) is 20.5. The van der Waals surface area contributed by atoms with Crippen molar-refractivity contribution in [2.24, 2.45) is 11.7 Å². The van der Waals surface area contributed by atoms with Gasteiger partial charge < -0.3 is 10.6 Å². The molecule has 8 heteroatoms. The summed E-state index contributed by atoms with van der Waals surface area (Å²) in [5, 5.41) is 15.4. The number of rotatable bonds is 4. The predicted molar refractivity (Wildman–Crippen MR) is 92.5 cm³/mol. The molecule has 3 rings (SSSR count). The second-order valence-electron chi connectivity index (χ2n) is 6.31. The molecule has 1 aliphatic heterocycles. The van der Waals surface area contributed by atoms with Crippen molar-refractivity contribution in [3.05, 3.63) is 52.3 Å². The summed E-state index contributed by atoms with van der Waals surface area (Å²) in [7, 11) is 0. The number of likely N-dealkylation sites (tertiary alicyclic amines) is 1. The van der Waals surface area contributed by atoms with Gasteiger partial charge in [-0.3, -0.25) is 14.9 Å². The summed E-state index contributed by atoms with van der Waals surface area (Å²) in [5.74, 6) is 0.166. The van der Waals surface area contributed by atoms with E-state index >= 15 is 0 Å². The van der Waals surface area contributed by atoms with Crippen molar-refractivity contribution < 1.29 is 9.72 Å². The Labute approximate surface area is 145 Å². The minimum absolute atomic E-state index is 0.00235. The molecule has 1 fully saturated rings.